The highest BCUT2D eigenvalue weighted by Gasteiger charge is 2.13. The van der Waals surface area contributed by atoms with E-state index < -0.39 is 0 Å². The smallest absolute Gasteiger partial charge is 0.120 e. The first kappa shape index (κ1) is 18.0. The van der Waals surface area contributed by atoms with Gasteiger partial charge in [0.25, 0.3) is 0 Å². The second kappa shape index (κ2) is 8.53. The molecule has 0 unspecified atom stereocenters. The second-order valence-corrected chi connectivity index (χ2v) is 6.76. The standard InChI is InChI=1S/C24H23N3O/c1-27-16-15-26-23(22-7-2-3-8-24(22)27)10-9-19-5-4-6-21(17-19)28-18-20-11-13-25-14-12-20/h2-14,17H,15-16,18H2,1H3. The topological polar surface area (TPSA) is 37.7 Å². The molecule has 2 heterocycles. The van der Waals surface area contributed by atoms with Crippen LogP contribution in [0.1, 0.15) is 16.7 Å². The SMILES string of the molecule is CN1CCN=C(C=Cc2cccc(OCc3ccncc3)c2)c2ccccc21. The van der Waals surface area contributed by atoms with Crippen molar-refractivity contribution in [3.63, 3.8) is 0 Å². The van der Waals surface area contributed by atoms with E-state index in [1.807, 2.05) is 30.3 Å². The maximum Gasteiger partial charge on any atom is 0.120 e. The molecule has 0 saturated heterocycles. The van der Waals surface area contributed by atoms with Crippen molar-refractivity contribution in [2.24, 2.45) is 4.99 Å². The Bertz CT molecular complexity index is 995. The number of fused-ring (bicyclic) bond motifs is 1. The number of para-hydroxylation sites is 1. The molecule has 0 bridgehead atoms. The van der Waals surface area contributed by atoms with Crippen LogP contribution in [-0.2, 0) is 6.61 Å². The van der Waals surface area contributed by atoms with Gasteiger partial charge in [0.15, 0.2) is 0 Å². The molecule has 2 aromatic carbocycles. The number of rotatable bonds is 5. The summed E-state index contributed by atoms with van der Waals surface area (Å²) < 4.78 is 5.92. The fraction of sp³-hybridized carbons (Fsp3) is 0.167. The fourth-order valence-corrected chi connectivity index (χ4v) is 3.22. The van der Waals surface area contributed by atoms with Gasteiger partial charge in [-0.25, -0.2) is 0 Å². The van der Waals surface area contributed by atoms with Crippen LogP contribution in [-0.4, -0.2) is 30.8 Å². The molecular formula is C24H23N3O. The molecule has 0 amide bonds. The lowest BCUT2D eigenvalue weighted by molar-refractivity contribution is 0.306. The number of allylic oxidation sites excluding steroid dienone is 1. The van der Waals surface area contributed by atoms with Crippen molar-refractivity contribution in [1.29, 1.82) is 0 Å². The monoisotopic (exact) mass is 369 g/mol. The molecular weight excluding hydrogens is 346 g/mol. The summed E-state index contributed by atoms with van der Waals surface area (Å²) >= 11 is 0. The van der Waals surface area contributed by atoms with Gasteiger partial charge in [-0.15, -0.1) is 0 Å². The van der Waals surface area contributed by atoms with Gasteiger partial charge in [-0.2, -0.15) is 0 Å². The van der Waals surface area contributed by atoms with Crippen LogP contribution in [0.5, 0.6) is 5.75 Å². The predicted molar refractivity (Wildman–Crippen MR) is 115 cm³/mol. The fourth-order valence-electron chi connectivity index (χ4n) is 3.22. The quantitative estimate of drug-likeness (QED) is 0.659. The Morgan fingerprint density at radius 3 is 2.75 bits per heavy atom. The molecule has 1 aliphatic heterocycles. The highest BCUT2D eigenvalue weighted by molar-refractivity contribution is 6.14. The maximum atomic E-state index is 5.92. The van der Waals surface area contributed by atoms with E-state index in [0.29, 0.717) is 6.61 Å². The molecule has 28 heavy (non-hydrogen) atoms. The van der Waals surface area contributed by atoms with Gasteiger partial charge in [0.05, 0.1) is 12.3 Å². The number of nitrogens with zero attached hydrogens (tertiary/aromatic N) is 3. The third-order valence-electron chi connectivity index (χ3n) is 4.76. The Balaban J connectivity index is 1.50. The van der Waals surface area contributed by atoms with E-state index in [1.165, 1.54) is 11.3 Å². The van der Waals surface area contributed by atoms with E-state index in [4.69, 9.17) is 9.73 Å². The van der Waals surface area contributed by atoms with Gasteiger partial charge in [0, 0.05) is 37.2 Å². The summed E-state index contributed by atoms with van der Waals surface area (Å²) in [6.07, 6.45) is 7.75. The first-order valence-electron chi connectivity index (χ1n) is 9.44. The molecule has 4 nitrogen and oxygen atoms in total. The molecule has 0 spiro atoms. The Hall–Kier alpha value is -3.40. The van der Waals surface area contributed by atoms with Crippen molar-refractivity contribution in [3.8, 4) is 5.75 Å². The first-order valence-corrected chi connectivity index (χ1v) is 9.44. The number of pyridine rings is 1. The van der Waals surface area contributed by atoms with Crippen LogP contribution >= 0.6 is 0 Å². The summed E-state index contributed by atoms with van der Waals surface area (Å²) in [6, 6.07) is 20.5. The van der Waals surface area contributed by atoms with Crippen molar-refractivity contribution < 1.29 is 4.74 Å². The molecule has 4 heteroatoms. The van der Waals surface area contributed by atoms with Crippen LogP contribution < -0.4 is 9.64 Å². The zero-order valence-corrected chi connectivity index (χ0v) is 16.0. The van der Waals surface area contributed by atoms with E-state index in [-0.39, 0.29) is 0 Å². The van der Waals surface area contributed by atoms with Crippen LogP contribution in [0.25, 0.3) is 6.08 Å². The molecule has 1 aromatic heterocycles. The minimum atomic E-state index is 0.530. The number of benzodiazepines with no additional fused rings is 1. The van der Waals surface area contributed by atoms with Gasteiger partial charge in [0.2, 0.25) is 0 Å². The van der Waals surface area contributed by atoms with Crippen molar-refractivity contribution in [3.05, 3.63) is 95.8 Å². The molecule has 140 valence electrons. The van der Waals surface area contributed by atoms with Crippen LogP contribution in [0.4, 0.5) is 5.69 Å². The zero-order chi connectivity index (χ0) is 19.2. The average Bonchev–Trinajstić information content (AvgIpc) is 2.91. The molecule has 0 N–H and O–H groups in total. The lowest BCUT2D eigenvalue weighted by Crippen LogP contribution is -2.20. The highest BCUT2D eigenvalue weighted by atomic mass is 16.5. The number of hydrogen-bond donors (Lipinski definition) is 0. The molecule has 4 rings (SSSR count). The van der Waals surface area contributed by atoms with Crippen LogP contribution in [0.2, 0.25) is 0 Å². The summed E-state index contributed by atoms with van der Waals surface area (Å²) in [5.41, 5.74) is 5.60. The first-order chi connectivity index (χ1) is 13.8. The van der Waals surface area contributed by atoms with Crippen LogP contribution in [0.15, 0.2) is 84.1 Å². The number of aromatic nitrogens is 1. The number of ether oxygens (including phenoxy) is 1. The number of likely N-dealkylation sites (N-methyl/N-ethyl adjacent to an activating group) is 1. The number of anilines is 1. The highest BCUT2D eigenvalue weighted by Crippen LogP contribution is 2.23. The molecule has 0 aliphatic carbocycles. The van der Waals surface area contributed by atoms with Crippen molar-refractivity contribution in [1.82, 2.24) is 4.98 Å². The van der Waals surface area contributed by atoms with E-state index in [9.17, 15) is 0 Å². The van der Waals surface area contributed by atoms with Gasteiger partial charge in [-0.3, -0.25) is 9.98 Å². The number of benzene rings is 2. The molecule has 0 fully saturated rings. The van der Waals surface area contributed by atoms with E-state index >= 15 is 0 Å². The lowest BCUT2D eigenvalue weighted by atomic mass is 10.1. The number of aliphatic imine (C=N–C) groups is 1. The van der Waals surface area contributed by atoms with Crippen LogP contribution in [0.3, 0.4) is 0 Å². The zero-order valence-electron chi connectivity index (χ0n) is 16.0. The minimum absolute atomic E-state index is 0.530. The Morgan fingerprint density at radius 1 is 1.00 bits per heavy atom. The van der Waals surface area contributed by atoms with Gasteiger partial charge < -0.3 is 9.64 Å². The third-order valence-corrected chi connectivity index (χ3v) is 4.76. The number of hydrogen-bond acceptors (Lipinski definition) is 4. The van der Waals surface area contributed by atoms with Gasteiger partial charge in [-0.1, -0.05) is 36.4 Å². The van der Waals surface area contributed by atoms with Gasteiger partial charge in [0.1, 0.15) is 12.4 Å². The molecule has 1 aliphatic rings. The average molecular weight is 369 g/mol. The summed E-state index contributed by atoms with van der Waals surface area (Å²) in [6.45, 7) is 2.24. The largest absolute Gasteiger partial charge is 0.489 e. The van der Waals surface area contributed by atoms with E-state index in [1.54, 1.807) is 12.4 Å². The van der Waals surface area contributed by atoms with Crippen molar-refractivity contribution >= 4 is 17.5 Å². The van der Waals surface area contributed by atoms with E-state index in [0.717, 1.165) is 35.7 Å². The van der Waals surface area contributed by atoms with E-state index in [2.05, 4.69) is 59.4 Å². The Morgan fingerprint density at radius 2 is 1.86 bits per heavy atom. The summed E-state index contributed by atoms with van der Waals surface area (Å²) in [4.78, 5) is 11.1. The molecule has 0 saturated carbocycles. The third kappa shape index (κ3) is 4.29. The Labute approximate surface area is 165 Å². The molecule has 0 atom stereocenters. The lowest BCUT2D eigenvalue weighted by Gasteiger charge is -2.18. The normalized spacial score (nSPS) is 13.8. The van der Waals surface area contributed by atoms with Gasteiger partial charge >= 0.3 is 0 Å². The summed E-state index contributed by atoms with van der Waals surface area (Å²) in [7, 11) is 2.12. The van der Waals surface area contributed by atoms with Gasteiger partial charge in [-0.05, 0) is 47.5 Å². The Kier molecular flexibility index (Phi) is 5.48. The minimum Gasteiger partial charge on any atom is -0.489 e. The van der Waals surface area contributed by atoms with Crippen molar-refractivity contribution in [2.75, 3.05) is 25.0 Å². The summed E-state index contributed by atoms with van der Waals surface area (Å²) in [5, 5.41) is 0. The van der Waals surface area contributed by atoms with Crippen molar-refractivity contribution in [2.45, 2.75) is 6.61 Å². The predicted octanol–water partition coefficient (Wildman–Crippen LogP) is 4.61. The molecule has 3 aromatic rings. The summed E-state index contributed by atoms with van der Waals surface area (Å²) in [5.74, 6) is 0.849. The van der Waals surface area contributed by atoms with Crippen LogP contribution in [0, 0.1) is 0 Å². The maximum absolute atomic E-state index is 5.92. The molecule has 0 radical (unpaired) electrons. The second-order valence-electron chi connectivity index (χ2n) is 6.76.